The monoisotopic (exact) mass is 383 g/mol. The second-order valence-electron chi connectivity index (χ2n) is 7.72. The molecule has 2 amide bonds. The highest BCUT2D eigenvalue weighted by Gasteiger charge is 2.37. The van der Waals surface area contributed by atoms with Gasteiger partial charge in [-0.05, 0) is 59.5 Å². The Morgan fingerprint density at radius 1 is 1.26 bits per heavy atom. The Hall–Kier alpha value is -2.19. The Labute approximate surface area is 159 Å². The molecule has 1 rings (SSSR count). The molecule has 2 atom stereocenters. The van der Waals surface area contributed by atoms with Crippen LogP contribution >= 0.6 is 0 Å². The SMILES string of the molecule is C[C@@H](c1ccc(NC(=O)[C@H](CCO)N(C(=O)O)C(C)(C)C)c(F)c1)N(C)C. The molecule has 0 heterocycles. The highest BCUT2D eigenvalue weighted by Crippen LogP contribution is 2.25. The van der Waals surface area contributed by atoms with Crippen molar-refractivity contribution in [3.63, 3.8) is 0 Å². The van der Waals surface area contributed by atoms with Gasteiger partial charge in [-0.15, -0.1) is 0 Å². The average molecular weight is 383 g/mol. The molecule has 27 heavy (non-hydrogen) atoms. The molecular formula is C19H30FN3O4. The molecule has 152 valence electrons. The highest BCUT2D eigenvalue weighted by molar-refractivity contribution is 5.96. The van der Waals surface area contributed by atoms with E-state index in [-0.39, 0.29) is 24.8 Å². The Balaban J connectivity index is 3.11. The maximum Gasteiger partial charge on any atom is 0.408 e. The van der Waals surface area contributed by atoms with Crippen LogP contribution in [0.2, 0.25) is 0 Å². The Bertz CT molecular complexity index is 673. The van der Waals surface area contributed by atoms with Crippen molar-refractivity contribution in [3.8, 4) is 0 Å². The van der Waals surface area contributed by atoms with E-state index in [9.17, 15) is 24.2 Å². The standard InChI is InChI=1S/C19H30FN3O4/c1-12(22(5)6)13-7-8-15(14(20)11-13)21-17(25)16(9-10-24)23(18(26)27)19(2,3)4/h7-8,11-12,16,24H,9-10H2,1-6H3,(H,21,25)(H,26,27)/t12-,16-/m0/s1. The van der Waals surface area contributed by atoms with Gasteiger partial charge in [-0.2, -0.15) is 0 Å². The van der Waals surface area contributed by atoms with Crippen LogP contribution in [0.25, 0.3) is 0 Å². The van der Waals surface area contributed by atoms with E-state index in [1.54, 1.807) is 26.8 Å². The van der Waals surface area contributed by atoms with Gasteiger partial charge in [-0.25, -0.2) is 9.18 Å². The van der Waals surface area contributed by atoms with E-state index >= 15 is 0 Å². The fourth-order valence-electron chi connectivity index (χ4n) is 2.79. The third-order valence-electron chi connectivity index (χ3n) is 4.45. The van der Waals surface area contributed by atoms with Crippen molar-refractivity contribution < 1.29 is 24.2 Å². The van der Waals surface area contributed by atoms with Crippen molar-refractivity contribution >= 4 is 17.7 Å². The van der Waals surface area contributed by atoms with Gasteiger partial charge in [0.25, 0.3) is 0 Å². The van der Waals surface area contributed by atoms with Crippen LogP contribution in [-0.4, -0.2) is 64.3 Å². The molecule has 8 heteroatoms. The van der Waals surface area contributed by atoms with Gasteiger partial charge in [0.2, 0.25) is 5.91 Å². The largest absolute Gasteiger partial charge is 0.465 e. The van der Waals surface area contributed by atoms with Gasteiger partial charge in [-0.3, -0.25) is 9.69 Å². The minimum absolute atomic E-state index is 0.00483. The summed E-state index contributed by atoms with van der Waals surface area (Å²) in [5, 5.41) is 21.2. The summed E-state index contributed by atoms with van der Waals surface area (Å²) in [5.41, 5.74) is -0.145. The number of hydrogen-bond acceptors (Lipinski definition) is 4. The van der Waals surface area contributed by atoms with Gasteiger partial charge in [0.05, 0.1) is 5.69 Å². The van der Waals surface area contributed by atoms with Gasteiger partial charge in [-0.1, -0.05) is 6.07 Å². The molecule has 0 spiro atoms. The van der Waals surface area contributed by atoms with Crippen molar-refractivity contribution in [2.75, 3.05) is 26.0 Å². The van der Waals surface area contributed by atoms with E-state index < -0.39 is 29.4 Å². The zero-order valence-corrected chi connectivity index (χ0v) is 16.8. The minimum Gasteiger partial charge on any atom is -0.465 e. The summed E-state index contributed by atoms with van der Waals surface area (Å²) < 4.78 is 14.5. The number of halogens is 1. The molecule has 0 bridgehead atoms. The maximum atomic E-state index is 14.5. The van der Waals surface area contributed by atoms with E-state index in [2.05, 4.69) is 5.32 Å². The summed E-state index contributed by atoms with van der Waals surface area (Å²) in [4.78, 5) is 27.2. The van der Waals surface area contributed by atoms with Crippen molar-refractivity contribution in [3.05, 3.63) is 29.6 Å². The second kappa shape index (κ2) is 9.14. The van der Waals surface area contributed by atoms with E-state index in [0.29, 0.717) is 0 Å². The van der Waals surface area contributed by atoms with Crippen LogP contribution in [-0.2, 0) is 4.79 Å². The highest BCUT2D eigenvalue weighted by atomic mass is 19.1. The Morgan fingerprint density at radius 2 is 1.85 bits per heavy atom. The smallest absolute Gasteiger partial charge is 0.408 e. The molecule has 0 aliphatic carbocycles. The van der Waals surface area contributed by atoms with E-state index in [1.807, 2.05) is 25.9 Å². The van der Waals surface area contributed by atoms with Crippen LogP contribution in [0.1, 0.15) is 45.7 Å². The number of aliphatic hydroxyl groups is 1. The van der Waals surface area contributed by atoms with Crippen molar-refractivity contribution in [2.45, 2.75) is 51.7 Å². The number of hydrogen-bond donors (Lipinski definition) is 3. The van der Waals surface area contributed by atoms with Gasteiger partial charge >= 0.3 is 6.09 Å². The van der Waals surface area contributed by atoms with Crippen molar-refractivity contribution in [2.24, 2.45) is 0 Å². The lowest BCUT2D eigenvalue weighted by molar-refractivity contribution is -0.123. The first kappa shape index (κ1) is 22.9. The number of carboxylic acid groups (broad SMARTS) is 1. The summed E-state index contributed by atoms with van der Waals surface area (Å²) in [5.74, 6) is -1.29. The van der Waals surface area contributed by atoms with Gasteiger partial charge in [0, 0.05) is 24.6 Å². The molecule has 0 unspecified atom stereocenters. The van der Waals surface area contributed by atoms with Crippen LogP contribution in [0.15, 0.2) is 18.2 Å². The first-order valence-corrected chi connectivity index (χ1v) is 8.80. The van der Waals surface area contributed by atoms with Crippen molar-refractivity contribution in [1.82, 2.24) is 9.80 Å². The van der Waals surface area contributed by atoms with E-state index in [4.69, 9.17) is 0 Å². The molecule has 0 aliphatic heterocycles. The number of carbonyl (C=O) groups is 2. The molecule has 0 aromatic heterocycles. The molecule has 1 aromatic carbocycles. The average Bonchev–Trinajstić information content (AvgIpc) is 2.53. The van der Waals surface area contributed by atoms with E-state index in [0.717, 1.165) is 10.5 Å². The first-order chi connectivity index (χ1) is 12.4. The quantitative estimate of drug-likeness (QED) is 0.673. The summed E-state index contributed by atoms with van der Waals surface area (Å²) in [6, 6.07) is 3.37. The third kappa shape index (κ3) is 5.90. The molecule has 0 radical (unpaired) electrons. The summed E-state index contributed by atoms with van der Waals surface area (Å²) >= 11 is 0. The van der Waals surface area contributed by atoms with E-state index in [1.165, 1.54) is 12.1 Å². The second-order valence-corrected chi connectivity index (χ2v) is 7.72. The predicted molar refractivity (Wildman–Crippen MR) is 102 cm³/mol. The number of rotatable bonds is 7. The van der Waals surface area contributed by atoms with Crippen LogP contribution in [0.4, 0.5) is 14.9 Å². The topological polar surface area (TPSA) is 93.1 Å². The summed E-state index contributed by atoms with van der Waals surface area (Å²) in [6.45, 7) is 6.50. The van der Waals surface area contributed by atoms with Gasteiger partial charge < -0.3 is 20.4 Å². The normalized spacial score (nSPS) is 14.0. The molecule has 0 fully saturated rings. The molecule has 3 N–H and O–H groups in total. The zero-order valence-electron chi connectivity index (χ0n) is 16.8. The number of nitrogens with zero attached hydrogens (tertiary/aromatic N) is 2. The third-order valence-corrected chi connectivity index (χ3v) is 4.45. The number of anilines is 1. The summed E-state index contributed by atoms with van der Waals surface area (Å²) in [7, 11) is 3.76. The van der Waals surface area contributed by atoms with Crippen LogP contribution < -0.4 is 5.32 Å². The molecule has 1 aromatic rings. The lowest BCUT2D eigenvalue weighted by atomic mass is 10.0. The number of aliphatic hydroxyl groups excluding tert-OH is 1. The lowest BCUT2D eigenvalue weighted by Gasteiger charge is -2.38. The van der Waals surface area contributed by atoms with Crippen LogP contribution in [0.5, 0.6) is 0 Å². The zero-order chi connectivity index (χ0) is 20.9. The predicted octanol–water partition coefficient (Wildman–Crippen LogP) is 2.92. The minimum atomic E-state index is -1.29. The molecular weight excluding hydrogens is 353 g/mol. The summed E-state index contributed by atoms with van der Waals surface area (Å²) in [6.07, 6.45) is -1.38. The molecule has 0 aliphatic rings. The fraction of sp³-hybridized carbons (Fsp3) is 0.579. The lowest BCUT2D eigenvalue weighted by Crippen LogP contribution is -2.55. The van der Waals surface area contributed by atoms with Crippen LogP contribution in [0, 0.1) is 5.82 Å². The number of carbonyl (C=O) groups excluding carboxylic acids is 1. The molecule has 7 nitrogen and oxygen atoms in total. The van der Waals surface area contributed by atoms with Crippen LogP contribution in [0.3, 0.4) is 0 Å². The van der Waals surface area contributed by atoms with Gasteiger partial charge in [0.15, 0.2) is 0 Å². The number of amides is 2. The van der Waals surface area contributed by atoms with Gasteiger partial charge in [0.1, 0.15) is 11.9 Å². The molecule has 0 saturated heterocycles. The molecule has 0 saturated carbocycles. The fourth-order valence-corrected chi connectivity index (χ4v) is 2.79. The maximum absolute atomic E-state index is 14.5. The first-order valence-electron chi connectivity index (χ1n) is 8.80. The number of benzene rings is 1. The van der Waals surface area contributed by atoms with Crippen molar-refractivity contribution in [1.29, 1.82) is 0 Å². The number of nitrogens with one attached hydrogen (secondary N) is 1. The Kier molecular flexibility index (Phi) is 7.74. The Morgan fingerprint density at radius 3 is 2.26 bits per heavy atom.